The van der Waals surface area contributed by atoms with Gasteiger partial charge >= 0.3 is 0 Å². The molecule has 0 fully saturated rings. The molecular formula is C9H13N3O. The second-order valence-electron chi connectivity index (χ2n) is 3.22. The van der Waals surface area contributed by atoms with Gasteiger partial charge in [-0.3, -0.25) is 9.78 Å². The van der Waals surface area contributed by atoms with Crippen molar-refractivity contribution in [3.63, 3.8) is 0 Å². The highest BCUT2D eigenvalue weighted by Crippen LogP contribution is 2.04. The van der Waals surface area contributed by atoms with Crippen LogP contribution in [0.1, 0.15) is 24.3 Å². The van der Waals surface area contributed by atoms with Crippen molar-refractivity contribution >= 4 is 5.78 Å². The molecule has 0 aromatic carbocycles. The van der Waals surface area contributed by atoms with Crippen LogP contribution in [0.3, 0.4) is 0 Å². The van der Waals surface area contributed by atoms with Crippen molar-refractivity contribution in [3.05, 3.63) is 24.3 Å². The highest BCUT2D eigenvalue weighted by molar-refractivity contribution is 5.98. The molecular weight excluding hydrogens is 166 g/mol. The van der Waals surface area contributed by atoms with E-state index < -0.39 is 6.04 Å². The van der Waals surface area contributed by atoms with Gasteiger partial charge in [-0.1, -0.05) is 13.8 Å². The Bertz CT molecular complexity index is 284. The van der Waals surface area contributed by atoms with E-state index in [0.717, 1.165) is 0 Å². The van der Waals surface area contributed by atoms with Crippen LogP contribution in [0.2, 0.25) is 0 Å². The van der Waals surface area contributed by atoms with Crippen molar-refractivity contribution in [1.29, 1.82) is 0 Å². The molecule has 0 aliphatic rings. The molecule has 1 atom stereocenters. The summed E-state index contributed by atoms with van der Waals surface area (Å²) in [5, 5.41) is 0. The average molecular weight is 179 g/mol. The number of carbonyl (C=O) groups excluding carboxylic acids is 1. The first-order valence-corrected chi connectivity index (χ1v) is 4.18. The number of carbonyl (C=O) groups is 1. The summed E-state index contributed by atoms with van der Waals surface area (Å²) in [5.74, 6) is -0.0300. The van der Waals surface area contributed by atoms with Crippen LogP contribution in [-0.2, 0) is 0 Å². The van der Waals surface area contributed by atoms with Gasteiger partial charge in [-0.25, -0.2) is 4.98 Å². The molecule has 0 saturated heterocycles. The third-order valence-corrected chi connectivity index (χ3v) is 1.84. The lowest BCUT2D eigenvalue weighted by molar-refractivity contribution is 0.0935. The number of rotatable bonds is 3. The summed E-state index contributed by atoms with van der Waals surface area (Å²) in [5.41, 5.74) is 6.01. The fraction of sp³-hybridized carbons (Fsp3) is 0.444. The van der Waals surface area contributed by atoms with Gasteiger partial charge in [0.1, 0.15) is 5.69 Å². The first-order chi connectivity index (χ1) is 6.13. The van der Waals surface area contributed by atoms with E-state index in [-0.39, 0.29) is 11.7 Å². The third kappa shape index (κ3) is 2.32. The number of hydrogen-bond acceptors (Lipinski definition) is 4. The number of Topliss-reactive ketones (excluding diaryl/α,β-unsaturated/α-hetero) is 1. The monoisotopic (exact) mass is 179 g/mol. The smallest absolute Gasteiger partial charge is 0.199 e. The molecule has 1 aromatic heterocycles. The third-order valence-electron chi connectivity index (χ3n) is 1.84. The predicted molar refractivity (Wildman–Crippen MR) is 49.2 cm³/mol. The molecule has 0 amide bonds. The molecule has 4 heteroatoms. The van der Waals surface area contributed by atoms with E-state index in [1.807, 2.05) is 13.8 Å². The van der Waals surface area contributed by atoms with Crippen molar-refractivity contribution in [1.82, 2.24) is 9.97 Å². The summed E-state index contributed by atoms with van der Waals surface area (Å²) in [6, 6.07) is -0.489. The van der Waals surface area contributed by atoms with Crippen molar-refractivity contribution in [3.8, 4) is 0 Å². The number of nitrogens with two attached hydrogens (primary N) is 1. The molecule has 0 radical (unpaired) electrons. The van der Waals surface area contributed by atoms with Gasteiger partial charge in [0.05, 0.1) is 12.2 Å². The summed E-state index contributed by atoms with van der Waals surface area (Å²) in [7, 11) is 0. The lowest BCUT2D eigenvalue weighted by atomic mass is 9.99. The van der Waals surface area contributed by atoms with Crippen LogP contribution in [0.4, 0.5) is 0 Å². The van der Waals surface area contributed by atoms with Gasteiger partial charge in [-0.2, -0.15) is 0 Å². The molecule has 1 unspecified atom stereocenters. The molecule has 70 valence electrons. The largest absolute Gasteiger partial charge is 0.321 e. The molecule has 0 saturated carbocycles. The Morgan fingerprint density at radius 3 is 2.62 bits per heavy atom. The van der Waals surface area contributed by atoms with Crippen LogP contribution in [0.15, 0.2) is 18.6 Å². The minimum absolute atomic E-state index is 0.120. The maximum atomic E-state index is 11.6. The number of aromatic nitrogens is 2. The summed E-state index contributed by atoms with van der Waals surface area (Å²) >= 11 is 0. The minimum atomic E-state index is -0.489. The molecule has 4 nitrogen and oxygen atoms in total. The number of hydrogen-bond donors (Lipinski definition) is 1. The Kier molecular flexibility index (Phi) is 3.08. The fourth-order valence-corrected chi connectivity index (χ4v) is 0.900. The van der Waals surface area contributed by atoms with E-state index in [2.05, 4.69) is 9.97 Å². The van der Waals surface area contributed by atoms with E-state index in [4.69, 9.17) is 5.73 Å². The first-order valence-electron chi connectivity index (χ1n) is 4.18. The van der Waals surface area contributed by atoms with E-state index in [1.165, 1.54) is 18.6 Å². The Labute approximate surface area is 77.2 Å². The highest BCUT2D eigenvalue weighted by atomic mass is 16.1. The van der Waals surface area contributed by atoms with Gasteiger partial charge in [-0.15, -0.1) is 0 Å². The fourth-order valence-electron chi connectivity index (χ4n) is 0.900. The quantitative estimate of drug-likeness (QED) is 0.691. The SMILES string of the molecule is CC(C)C(N)C(=O)c1cnccn1. The van der Waals surface area contributed by atoms with Crippen molar-refractivity contribution in [2.45, 2.75) is 19.9 Å². The summed E-state index contributed by atoms with van der Waals surface area (Å²) in [4.78, 5) is 19.3. The molecule has 13 heavy (non-hydrogen) atoms. The van der Waals surface area contributed by atoms with Gasteiger partial charge in [-0.05, 0) is 5.92 Å². The average Bonchev–Trinajstić information content (AvgIpc) is 2.17. The molecule has 0 spiro atoms. The minimum Gasteiger partial charge on any atom is -0.321 e. The van der Waals surface area contributed by atoms with Crippen LogP contribution in [0.5, 0.6) is 0 Å². The van der Waals surface area contributed by atoms with Gasteiger partial charge < -0.3 is 5.73 Å². The zero-order chi connectivity index (χ0) is 9.84. The van der Waals surface area contributed by atoms with Crippen LogP contribution in [0.25, 0.3) is 0 Å². The molecule has 1 aromatic rings. The molecule has 0 aliphatic heterocycles. The van der Waals surface area contributed by atoms with Gasteiger partial charge in [0.15, 0.2) is 5.78 Å². The predicted octanol–water partition coefficient (Wildman–Crippen LogP) is 0.643. The number of nitrogens with zero attached hydrogens (tertiary/aromatic N) is 2. The highest BCUT2D eigenvalue weighted by Gasteiger charge is 2.19. The van der Waals surface area contributed by atoms with Crippen LogP contribution >= 0.6 is 0 Å². The normalized spacial score (nSPS) is 12.9. The molecule has 2 N–H and O–H groups in total. The van der Waals surface area contributed by atoms with Crippen LogP contribution in [0, 0.1) is 5.92 Å². The Morgan fingerprint density at radius 2 is 2.15 bits per heavy atom. The lowest BCUT2D eigenvalue weighted by Gasteiger charge is -2.12. The Morgan fingerprint density at radius 1 is 1.46 bits per heavy atom. The standard InChI is InChI=1S/C9H13N3O/c1-6(2)8(10)9(13)7-5-11-3-4-12-7/h3-6,8H,10H2,1-2H3. The number of ketones is 1. The molecule has 1 rings (SSSR count). The lowest BCUT2D eigenvalue weighted by Crippen LogP contribution is -2.36. The second-order valence-corrected chi connectivity index (χ2v) is 3.22. The molecule has 0 bridgehead atoms. The van der Waals surface area contributed by atoms with Crippen molar-refractivity contribution in [2.75, 3.05) is 0 Å². The van der Waals surface area contributed by atoms with Crippen molar-refractivity contribution < 1.29 is 4.79 Å². The van der Waals surface area contributed by atoms with Crippen LogP contribution < -0.4 is 5.73 Å². The second kappa shape index (κ2) is 4.09. The molecule has 1 heterocycles. The molecule has 0 aliphatic carbocycles. The van der Waals surface area contributed by atoms with Gasteiger partial charge in [0, 0.05) is 12.4 Å². The Balaban J connectivity index is 2.80. The Hall–Kier alpha value is -1.29. The first kappa shape index (κ1) is 9.80. The summed E-state index contributed by atoms with van der Waals surface area (Å²) in [6.45, 7) is 3.80. The topological polar surface area (TPSA) is 68.9 Å². The van der Waals surface area contributed by atoms with Crippen LogP contribution in [-0.4, -0.2) is 21.8 Å². The van der Waals surface area contributed by atoms with E-state index in [1.54, 1.807) is 0 Å². The maximum absolute atomic E-state index is 11.6. The summed E-state index contributed by atoms with van der Waals surface area (Å²) in [6.07, 6.45) is 4.45. The maximum Gasteiger partial charge on any atom is 0.199 e. The van der Waals surface area contributed by atoms with Gasteiger partial charge in [0.2, 0.25) is 0 Å². The zero-order valence-electron chi connectivity index (χ0n) is 7.77. The van der Waals surface area contributed by atoms with E-state index in [0.29, 0.717) is 5.69 Å². The van der Waals surface area contributed by atoms with E-state index >= 15 is 0 Å². The van der Waals surface area contributed by atoms with Crippen molar-refractivity contribution in [2.24, 2.45) is 11.7 Å². The zero-order valence-corrected chi connectivity index (χ0v) is 7.77. The van der Waals surface area contributed by atoms with E-state index in [9.17, 15) is 4.79 Å². The summed E-state index contributed by atoms with van der Waals surface area (Å²) < 4.78 is 0. The van der Waals surface area contributed by atoms with Gasteiger partial charge in [0.25, 0.3) is 0 Å².